The molecular weight excluding hydrogens is 393 g/mol. The first kappa shape index (κ1) is 16.3. The van der Waals surface area contributed by atoms with Crippen molar-refractivity contribution in [3.8, 4) is 11.1 Å². The lowest BCUT2D eigenvalue weighted by atomic mass is 10.1. The largest absolute Gasteiger partial charge is 0.673 e. The lowest BCUT2D eigenvalue weighted by molar-refractivity contribution is 0.368. The second-order valence-electron chi connectivity index (χ2n) is 3.48. The van der Waals surface area contributed by atoms with E-state index in [0.717, 1.165) is 5.02 Å². The Kier molecular flexibility index (Phi) is 6.13. The third-order valence-electron chi connectivity index (χ3n) is 2.03. The van der Waals surface area contributed by atoms with Gasteiger partial charge in [0.1, 0.15) is 0 Å². The second-order valence-corrected chi connectivity index (χ2v) is 5.08. The van der Waals surface area contributed by atoms with Crippen molar-refractivity contribution in [1.82, 2.24) is 0 Å². The topological polar surface area (TPSA) is 0 Å². The first-order valence-electron chi connectivity index (χ1n) is 5.15. The molecule has 0 atom stereocenters. The lowest BCUT2D eigenvalue weighted by Crippen LogP contribution is -2.02. The molecule has 0 fully saturated rings. The molecule has 0 bridgehead atoms. The monoisotopic (exact) mass is 401 g/mol. The van der Waals surface area contributed by atoms with Gasteiger partial charge in [-0.1, -0.05) is 41.9 Å². The third-order valence-corrected chi connectivity index (χ3v) is 3.22. The van der Waals surface area contributed by atoms with Crippen LogP contribution in [0.4, 0.5) is 17.3 Å². The summed E-state index contributed by atoms with van der Waals surface area (Å²) in [6, 6.07) is 16.2. The summed E-state index contributed by atoms with van der Waals surface area (Å²) in [4.78, 5) is 0. The molecule has 0 spiro atoms. The van der Waals surface area contributed by atoms with E-state index in [-0.39, 0.29) is 0 Å². The summed E-state index contributed by atoms with van der Waals surface area (Å²) in [7, 11) is -6.00. The van der Waals surface area contributed by atoms with Gasteiger partial charge in [0.15, 0.2) is 0 Å². The highest BCUT2D eigenvalue weighted by atomic mass is 127. The third kappa shape index (κ3) is 6.82. The van der Waals surface area contributed by atoms with E-state index in [2.05, 4.69) is 34.7 Å². The summed E-state index contributed by atoms with van der Waals surface area (Å²) in [6.07, 6.45) is 0. The van der Waals surface area contributed by atoms with E-state index < -0.39 is 7.25 Å². The van der Waals surface area contributed by atoms with Gasteiger partial charge in [0.2, 0.25) is 0 Å². The van der Waals surface area contributed by atoms with Gasteiger partial charge < -0.3 is 17.3 Å². The number of hydrogen-bond acceptors (Lipinski definition) is 0. The normalized spacial score (nSPS) is 10.6. The Morgan fingerprint density at radius 1 is 0.842 bits per heavy atom. The Balaban J connectivity index is 0.000000312. The zero-order chi connectivity index (χ0) is 14.5. The van der Waals surface area contributed by atoms with Crippen LogP contribution in [0.25, 0.3) is 11.1 Å². The fourth-order valence-corrected chi connectivity index (χ4v) is 2.15. The molecular formula is C12H8BClF4I-. The van der Waals surface area contributed by atoms with Gasteiger partial charge in [-0.25, -0.2) is 0 Å². The molecule has 0 amide bonds. The zero-order valence-electron chi connectivity index (χ0n) is 9.46. The molecule has 19 heavy (non-hydrogen) atoms. The Bertz CT molecular complexity index is 522. The zero-order valence-corrected chi connectivity index (χ0v) is 12.4. The van der Waals surface area contributed by atoms with E-state index in [0.29, 0.717) is 0 Å². The molecule has 0 saturated heterocycles. The van der Waals surface area contributed by atoms with Crippen LogP contribution in [0.15, 0.2) is 48.5 Å². The number of halogens is 6. The maximum atomic E-state index is 9.75. The highest BCUT2D eigenvalue weighted by Crippen LogP contribution is 2.25. The number of rotatable bonds is 1. The van der Waals surface area contributed by atoms with E-state index in [4.69, 9.17) is 11.6 Å². The first-order chi connectivity index (χ1) is 8.77. The summed E-state index contributed by atoms with van der Waals surface area (Å²) in [5, 5.41) is 0.777. The van der Waals surface area contributed by atoms with Crippen LogP contribution in [0.1, 0.15) is 0 Å². The molecule has 102 valence electrons. The van der Waals surface area contributed by atoms with Crippen LogP contribution in [0.2, 0.25) is 5.02 Å². The van der Waals surface area contributed by atoms with Crippen molar-refractivity contribution in [1.29, 1.82) is 0 Å². The highest BCUT2D eigenvalue weighted by Gasteiger charge is 2.20. The van der Waals surface area contributed by atoms with Crippen LogP contribution in [-0.4, -0.2) is 7.25 Å². The van der Waals surface area contributed by atoms with Gasteiger partial charge in [-0.3, -0.25) is 0 Å². The summed E-state index contributed by atoms with van der Waals surface area (Å²) < 4.78 is 40.3. The fourth-order valence-electron chi connectivity index (χ4n) is 1.32. The Hall–Kier alpha value is -0.755. The fraction of sp³-hybridized carbons (Fsp3) is 0. The Morgan fingerprint density at radius 3 is 1.79 bits per heavy atom. The van der Waals surface area contributed by atoms with Gasteiger partial charge in [-0.05, 0) is 51.9 Å². The molecule has 2 rings (SSSR count). The Labute approximate surface area is 127 Å². The smallest absolute Gasteiger partial charge is 0.418 e. The standard InChI is InChI=1S/C12H8ClI.BF4/c13-10-7-5-9(6-8-10)11-3-1-2-4-12(11)14;2-1(3,4)5/h1-8H;/q;-1. The van der Waals surface area contributed by atoms with Crippen LogP contribution in [0.3, 0.4) is 0 Å². The van der Waals surface area contributed by atoms with Gasteiger partial charge in [-0.15, -0.1) is 0 Å². The molecule has 0 heterocycles. The summed E-state index contributed by atoms with van der Waals surface area (Å²) >= 11 is 8.18. The van der Waals surface area contributed by atoms with Crippen LogP contribution in [-0.2, 0) is 0 Å². The molecule has 2 aromatic rings. The van der Waals surface area contributed by atoms with Gasteiger partial charge >= 0.3 is 7.25 Å². The van der Waals surface area contributed by atoms with Crippen LogP contribution in [0, 0.1) is 3.57 Å². The Morgan fingerprint density at radius 2 is 1.32 bits per heavy atom. The molecule has 0 radical (unpaired) electrons. The molecule has 0 N–H and O–H groups in total. The van der Waals surface area contributed by atoms with Crippen molar-refractivity contribution in [3.63, 3.8) is 0 Å². The van der Waals surface area contributed by atoms with Crippen molar-refractivity contribution in [2.75, 3.05) is 0 Å². The van der Waals surface area contributed by atoms with Crippen LogP contribution < -0.4 is 0 Å². The molecule has 0 aliphatic carbocycles. The first-order valence-corrected chi connectivity index (χ1v) is 6.61. The van der Waals surface area contributed by atoms with E-state index in [1.54, 1.807) is 0 Å². The minimum Gasteiger partial charge on any atom is -0.418 e. The molecule has 0 aromatic heterocycles. The van der Waals surface area contributed by atoms with Gasteiger partial charge in [0.05, 0.1) is 0 Å². The van der Waals surface area contributed by atoms with Crippen molar-refractivity contribution < 1.29 is 17.3 Å². The average Bonchev–Trinajstić information content (AvgIpc) is 2.29. The van der Waals surface area contributed by atoms with E-state index >= 15 is 0 Å². The molecule has 7 heteroatoms. The van der Waals surface area contributed by atoms with E-state index in [9.17, 15) is 17.3 Å². The van der Waals surface area contributed by atoms with Gasteiger partial charge in [0, 0.05) is 8.59 Å². The van der Waals surface area contributed by atoms with Crippen molar-refractivity contribution in [3.05, 3.63) is 57.1 Å². The summed E-state index contributed by atoms with van der Waals surface area (Å²) in [5.74, 6) is 0. The molecule has 0 unspecified atom stereocenters. The van der Waals surface area contributed by atoms with Gasteiger partial charge in [-0.2, -0.15) is 0 Å². The molecule has 0 aliphatic rings. The average molecular weight is 401 g/mol. The summed E-state index contributed by atoms with van der Waals surface area (Å²) in [6.45, 7) is 0. The van der Waals surface area contributed by atoms with Crippen molar-refractivity contribution >= 4 is 41.4 Å². The number of benzene rings is 2. The van der Waals surface area contributed by atoms with E-state index in [1.165, 1.54) is 14.7 Å². The molecule has 0 aliphatic heterocycles. The van der Waals surface area contributed by atoms with E-state index in [1.807, 2.05) is 36.4 Å². The quantitative estimate of drug-likeness (QED) is 0.317. The van der Waals surface area contributed by atoms with Gasteiger partial charge in [0.25, 0.3) is 0 Å². The van der Waals surface area contributed by atoms with Crippen LogP contribution in [0.5, 0.6) is 0 Å². The summed E-state index contributed by atoms with van der Waals surface area (Å²) in [5.41, 5.74) is 2.46. The maximum Gasteiger partial charge on any atom is 0.673 e. The van der Waals surface area contributed by atoms with Crippen LogP contribution >= 0.6 is 34.2 Å². The van der Waals surface area contributed by atoms with Crippen molar-refractivity contribution in [2.24, 2.45) is 0 Å². The predicted octanol–water partition coefficient (Wildman–Crippen LogP) is 5.91. The molecule has 0 saturated carbocycles. The minimum atomic E-state index is -6.00. The second kappa shape index (κ2) is 7.14. The molecule has 0 nitrogen and oxygen atoms in total. The predicted molar refractivity (Wildman–Crippen MR) is 79.8 cm³/mol. The van der Waals surface area contributed by atoms with Crippen molar-refractivity contribution in [2.45, 2.75) is 0 Å². The lowest BCUT2D eigenvalue weighted by Gasteiger charge is -2.03. The maximum absolute atomic E-state index is 9.75. The minimum absolute atomic E-state index is 0.777. The SMILES string of the molecule is Clc1ccc(-c2ccccc2I)cc1.F[B-](F)(F)F. The molecule has 2 aromatic carbocycles. The number of hydrogen-bond donors (Lipinski definition) is 0. The highest BCUT2D eigenvalue weighted by molar-refractivity contribution is 14.1.